The number of amides is 6. The van der Waals surface area contributed by atoms with Crippen LogP contribution in [-0.2, 0) is 61.9 Å². The zero-order chi connectivity index (χ0) is 75.4. The van der Waals surface area contributed by atoms with Crippen molar-refractivity contribution >= 4 is 87.6 Å². The van der Waals surface area contributed by atoms with Gasteiger partial charge in [0.1, 0.15) is 0 Å². The van der Waals surface area contributed by atoms with Crippen molar-refractivity contribution in [2.24, 2.45) is 33.7 Å². The van der Waals surface area contributed by atoms with E-state index in [4.69, 9.17) is 71.6 Å². The van der Waals surface area contributed by atoms with E-state index in [1.165, 1.54) is 26.4 Å². The van der Waals surface area contributed by atoms with Crippen molar-refractivity contribution in [3.63, 3.8) is 0 Å². The number of hydrogen-bond acceptors (Lipinski definition) is 23. The number of carbonyl (C=O) groups is 8. The van der Waals surface area contributed by atoms with E-state index in [1.807, 2.05) is 62.7 Å². The summed E-state index contributed by atoms with van der Waals surface area (Å²) in [6.07, 6.45) is 13.9. The lowest BCUT2D eigenvalue weighted by Crippen LogP contribution is -2.45. The highest BCUT2D eigenvalue weighted by Gasteiger charge is 2.38. The number of unbranched alkanes of at least 4 members (excludes halogenated alkanes) is 2. The maximum atomic E-state index is 14.3. The van der Waals surface area contributed by atoms with E-state index in [0.717, 1.165) is 40.0 Å². The number of methoxy groups -OCH3 is 2. The Kier molecular flexibility index (Phi) is 30.5. The van der Waals surface area contributed by atoms with Crippen LogP contribution in [-0.4, -0.2) is 221 Å². The van der Waals surface area contributed by atoms with Gasteiger partial charge >= 0.3 is 0 Å². The Labute approximate surface area is 622 Å². The number of rotatable bonds is 47. The van der Waals surface area contributed by atoms with Gasteiger partial charge in [0.2, 0.25) is 24.5 Å². The van der Waals surface area contributed by atoms with Crippen molar-refractivity contribution < 1.29 is 99.9 Å². The summed E-state index contributed by atoms with van der Waals surface area (Å²) in [5, 5.41) is 8.53. The number of nitrogens with one attached hydrogen (secondary N) is 3. The number of allylic oxidation sites excluding steroid dienone is 2. The molecule has 3 N–H and O–H groups in total. The second-order valence-corrected chi connectivity index (χ2v) is 26.6. The maximum absolute atomic E-state index is 14.3. The molecular formula is C79H97N7O21. The number of ketones is 2. The van der Waals surface area contributed by atoms with Gasteiger partial charge in [0.15, 0.2) is 46.1 Å². The molecule has 6 aliphatic rings. The minimum absolute atomic E-state index is 0.0313. The molecule has 10 rings (SSSR count). The molecule has 5 heterocycles. The summed E-state index contributed by atoms with van der Waals surface area (Å²) in [6, 6.07) is 19.0. The van der Waals surface area contributed by atoms with Crippen LogP contribution in [0.3, 0.4) is 0 Å². The molecule has 0 spiro atoms. The summed E-state index contributed by atoms with van der Waals surface area (Å²) in [5.41, 5.74) is 6.15. The Balaban J connectivity index is 0.539. The number of Topliss-reactive ketones (excluding diaryl/α,β-unsaturated/α-hetero) is 2. The molecular weight excluding hydrogens is 1380 g/mol. The maximum Gasteiger partial charge on any atom is 0.260 e. The number of aliphatic imine (C=N–C) groups is 2. The average Bonchev–Trinajstić information content (AvgIpc) is 1.66. The minimum atomic E-state index is -0.734. The van der Waals surface area contributed by atoms with Crippen molar-refractivity contribution in [3.8, 4) is 34.5 Å². The first-order chi connectivity index (χ1) is 52.0. The Bertz CT molecular complexity index is 3910. The summed E-state index contributed by atoms with van der Waals surface area (Å²) >= 11 is 0. The van der Waals surface area contributed by atoms with E-state index in [0.29, 0.717) is 187 Å². The first-order valence-electron chi connectivity index (χ1n) is 36.6. The fourth-order valence-corrected chi connectivity index (χ4v) is 12.7. The Morgan fingerprint density at radius 2 is 1.15 bits per heavy atom. The third-order valence-corrected chi connectivity index (χ3v) is 18.6. The number of carbonyl (C=O) groups excluding carboxylic acids is 8. The fourth-order valence-electron chi connectivity index (χ4n) is 12.7. The third kappa shape index (κ3) is 22.9. The number of imide groups is 1. The lowest BCUT2D eigenvalue weighted by atomic mass is 9.89. The summed E-state index contributed by atoms with van der Waals surface area (Å²) in [5.74, 6) is -0.610. The predicted octanol–water partition coefficient (Wildman–Crippen LogP) is 8.65. The number of benzene rings is 4. The molecule has 5 aliphatic heterocycles. The van der Waals surface area contributed by atoms with Crippen LogP contribution in [0, 0.1) is 23.7 Å². The van der Waals surface area contributed by atoms with Gasteiger partial charge < -0.3 is 82.4 Å². The van der Waals surface area contributed by atoms with Crippen molar-refractivity contribution in [1.29, 1.82) is 0 Å². The van der Waals surface area contributed by atoms with Crippen LogP contribution in [0.15, 0.2) is 101 Å². The molecule has 0 aromatic heterocycles. The molecule has 2 unspecified atom stereocenters. The van der Waals surface area contributed by atoms with Gasteiger partial charge in [-0.15, -0.1) is 0 Å². The number of hydrogen-bond donors (Lipinski definition) is 3. The molecule has 107 heavy (non-hydrogen) atoms. The quantitative estimate of drug-likeness (QED) is 0.0275. The van der Waals surface area contributed by atoms with Crippen molar-refractivity contribution in [1.82, 2.24) is 20.4 Å². The van der Waals surface area contributed by atoms with Crippen LogP contribution in [0.4, 0.5) is 17.1 Å². The van der Waals surface area contributed by atoms with Crippen LogP contribution in [0.2, 0.25) is 0 Å². The van der Waals surface area contributed by atoms with Crippen molar-refractivity contribution in [2.75, 3.05) is 145 Å². The third-order valence-electron chi connectivity index (χ3n) is 18.6. The second-order valence-electron chi connectivity index (χ2n) is 26.6. The molecule has 574 valence electrons. The number of fused-ring (bicyclic) bond motifs is 5. The monoisotopic (exact) mass is 1480 g/mol. The van der Waals surface area contributed by atoms with Gasteiger partial charge in [-0.2, -0.15) is 0 Å². The molecule has 0 saturated heterocycles. The molecule has 0 bridgehead atoms. The van der Waals surface area contributed by atoms with Gasteiger partial charge in [-0.05, 0) is 83.9 Å². The minimum Gasteiger partial charge on any atom is -0.493 e. The normalized spacial score (nSPS) is 17.2. The van der Waals surface area contributed by atoms with E-state index in [2.05, 4.69) is 16.0 Å². The molecule has 0 fully saturated rings. The zero-order valence-corrected chi connectivity index (χ0v) is 61.4. The number of nitrogens with zero attached hydrogens (tertiary/aromatic N) is 4. The molecule has 0 radical (unpaired) electrons. The molecule has 0 saturated carbocycles. The second kappa shape index (κ2) is 40.9. The summed E-state index contributed by atoms with van der Waals surface area (Å²) in [7, 11) is 3.05. The van der Waals surface area contributed by atoms with Gasteiger partial charge in [-0.25, -0.2) is 0 Å². The summed E-state index contributed by atoms with van der Waals surface area (Å²) < 4.78 is 73.6. The molecule has 4 aromatic rings. The molecule has 6 amide bonds. The average molecular weight is 1480 g/mol. The van der Waals surface area contributed by atoms with Crippen LogP contribution in [0.25, 0.3) is 11.1 Å². The Morgan fingerprint density at radius 1 is 0.570 bits per heavy atom. The zero-order valence-electron chi connectivity index (χ0n) is 61.4. The lowest BCUT2D eigenvalue weighted by molar-refractivity contribution is -0.137. The van der Waals surface area contributed by atoms with Crippen LogP contribution in [0.1, 0.15) is 110 Å². The molecule has 1 aliphatic carbocycles. The topological polar surface area (TPSA) is 324 Å². The number of anilines is 1. The van der Waals surface area contributed by atoms with E-state index >= 15 is 0 Å². The van der Waals surface area contributed by atoms with E-state index < -0.39 is 29.7 Å². The van der Waals surface area contributed by atoms with Crippen LogP contribution >= 0.6 is 0 Å². The standard InChI is InChI=1S/C79H97N7O21/c1-51(2)76(84-73(89)10-7-6-8-22-97-26-28-99-30-32-101-34-36-103-37-35-102-33-31-100-29-27-98-25-20-80-72(88)19-21-85-74(90)17-18-75(85)91)65(87)38-52(3)78(93)83-58-14-11-53(12-15-58)55-39-56-47-81-63-45-70(67(95-4)43-61(63)77(92)60(56)41-55)104-23-9-24-105-71-46-64-62(44-68(71)96-5)79(94)86-49-57(40-59(86)48-82-64)54-13-16-66-69(42-54)107-50-106-66/h11-18,41-49,51-52,56,59-60,76H,6-10,19-40,50H2,1-5H3,(H,80,88)(H,83,93)(H,84,89)/t52-,56+,59+,60?,76?/m1/s1. The smallest absolute Gasteiger partial charge is 0.260 e. The Morgan fingerprint density at radius 3 is 1.78 bits per heavy atom. The summed E-state index contributed by atoms with van der Waals surface area (Å²) in [6.45, 7) is 12.2. The van der Waals surface area contributed by atoms with E-state index in [9.17, 15) is 38.4 Å². The predicted molar refractivity (Wildman–Crippen MR) is 395 cm³/mol. The molecule has 4 aromatic carbocycles. The summed E-state index contributed by atoms with van der Waals surface area (Å²) in [4.78, 5) is 115. The Hall–Kier alpha value is -9.68. The highest BCUT2D eigenvalue weighted by atomic mass is 16.7. The highest BCUT2D eigenvalue weighted by molar-refractivity contribution is 6.13. The first-order valence-corrected chi connectivity index (χ1v) is 36.6. The van der Waals surface area contributed by atoms with Gasteiger partial charge in [-0.1, -0.05) is 51.5 Å². The van der Waals surface area contributed by atoms with Crippen LogP contribution < -0.4 is 44.4 Å². The van der Waals surface area contributed by atoms with Gasteiger partial charge in [0.25, 0.3) is 17.7 Å². The van der Waals surface area contributed by atoms with E-state index in [1.54, 1.807) is 54.4 Å². The fraction of sp³-hybridized carbons (Fsp3) is 0.494. The highest BCUT2D eigenvalue weighted by Crippen LogP contribution is 2.45. The molecule has 28 nitrogen and oxygen atoms in total. The van der Waals surface area contributed by atoms with Gasteiger partial charge in [0.05, 0.1) is 142 Å². The number of ether oxygens (including phenoxy) is 13. The van der Waals surface area contributed by atoms with E-state index in [-0.39, 0.29) is 98.9 Å². The first kappa shape index (κ1) is 79.9. The van der Waals surface area contributed by atoms with Crippen molar-refractivity contribution in [2.45, 2.75) is 90.6 Å². The van der Waals surface area contributed by atoms with Crippen molar-refractivity contribution in [3.05, 3.63) is 113 Å². The molecule has 28 heteroatoms. The molecule has 5 atom stereocenters. The van der Waals surface area contributed by atoms with Crippen LogP contribution in [0.5, 0.6) is 34.5 Å². The van der Waals surface area contributed by atoms with Gasteiger partial charge in [0, 0.05) is 124 Å². The SMILES string of the molecule is COc1cc2c(cc1OCCCOc1cc3c(cc1OC)C(=O)N1C=C(c4ccc5c(c4)OCO5)C[C@H]1C=N3)N=C[C@@H]1CC(c3ccc(NC(=O)[C@H](C)CC(=O)C(NC(=O)CCCCCOCCOCCOCCOCCOCCOCCOCCNC(=O)CCN4C(=O)C=CC4=O)C(C)C)cc3)=CC1C2=O. The lowest BCUT2D eigenvalue weighted by Gasteiger charge is -2.23. The largest absolute Gasteiger partial charge is 0.493 e. The van der Waals surface area contributed by atoms with Gasteiger partial charge in [-0.3, -0.25) is 53.2 Å².